The molecule has 0 saturated carbocycles. The van der Waals surface area contributed by atoms with E-state index in [1.165, 1.54) is 21.1 Å². The Hall–Kier alpha value is -3.06. The van der Waals surface area contributed by atoms with E-state index >= 15 is 0 Å². The number of anilines is 1. The molecule has 7 nitrogen and oxygen atoms in total. The van der Waals surface area contributed by atoms with Gasteiger partial charge >= 0.3 is 5.97 Å². The van der Waals surface area contributed by atoms with Crippen LogP contribution in [0.3, 0.4) is 0 Å². The molecular weight excluding hydrogens is 398 g/mol. The molecule has 0 aliphatic carbocycles. The molecule has 1 atom stereocenters. The maximum Gasteiger partial charge on any atom is 0.307 e. The number of rotatable bonds is 9. The van der Waals surface area contributed by atoms with E-state index in [0.29, 0.717) is 27.8 Å². The third-order valence-electron chi connectivity index (χ3n) is 4.06. The molecule has 0 heterocycles. The van der Waals surface area contributed by atoms with E-state index in [0.717, 1.165) is 0 Å². The lowest BCUT2D eigenvalue weighted by molar-refractivity contribution is -0.153. The molecule has 1 amide bonds. The number of Topliss-reactive ketones (excluding diaryl/α,β-unsaturated/α-hetero) is 1. The minimum atomic E-state index is -1.05. The quantitative estimate of drug-likeness (QED) is 0.489. The first-order valence-electron chi connectivity index (χ1n) is 8.85. The van der Waals surface area contributed by atoms with Crippen LogP contribution < -0.4 is 14.8 Å². The Kier molecular flexibility index (Phi) is 8.03. The summed E-state index contributed by atoms with van der Waals surface area (Å²) < 4.78 is 15.4. The fraction of sp³-hybridized carbons (Fsp3) is 0.286. The molecule has 1 N–H and O–H groups in total. The van der Waals surface area contributed by atoms with Gasteiger partial charge in [0.25, 0.3) is 5.91 Å². The monoisotopic (exact) mass is 419 g/mol. The normalized spacial score (nSPS) is 11.3. The lowest BCUT2D eigenvalue weighted by atomic mass is 10.1. The zero-order valence-corrected chi connectivity index (χ0v) is 17.1. The first-order chi connectivity index (χ1) is 13.8. The lowest BCUT2D eigenvalue weighted by Gasteiger charge is -2.16. The van der Waals surface area contributed by atoms with Crippen molar-refractivity contribution in [3.63, 3.8) is 0 Å². The number of halogens is 1. The molecule has 2 rings (SSSR count). The number of ether oxygens (including phenoxy) is 3. The van der Waals surface area contributed by atoms with Gasteiger partial charge in [0, 0.05) is 23.1 Å². The summed E-state index contributed by atoms with van der Waals surface area (Å²) in [6.07, 6.45) is -1.22. The number of amides is 1. The van der Waals surface area contributed by atoms with Crippen molar-refractivity contribution >= 4 is 34.9 Å². The Labute approximate surface area is 173 Å². The van der Waals surface area contributed by atoms with E-state index in [2.05, 4.69) is 5.32 Å². The van der Waals surface area contributed by atoms with Crippen molar-refractivity contribution in [2.24, 2.45) is 0 Å². The van der Waals surface area contributed by atoms with Gasteiger partial charge < -0.3 is 19.5 Å². The molecule has 0 spiro atoms. The Morgan fingerprint density at radius 3 is 2.31 bits per heavy atom. The summed E-state index contributed by atoms with van der Waals surface area (Å²) in [5.74, 6) is -0.420. The minimum Gasteiger partial charge on any atom is -0.497 e. The summed E-state index contributed by atoms with van der Waals surface area (Å²) in [4.78, 5) is 36.4. The van der Waals surface area contributed by atoms with E-state index in [9.17, 15) is 14.4 Å². The number of esters is 1. The molecule has 8 heteroatoms. The van der Waals surface area contributed by atoms with Crippen LogP contribution in [0.1, 0.15) is 30.1 Å². The highest BCUT2D eigenvalue weighted by Crippen LogP contribution is 2.29. The second-order valence-corrected chi connectivity index (χ2v) is 6.55. The number of carbonyl (C=O) groups is 3. The van der Waals surface area contributed by atoms with Crippen LogP contribution in [0.5, 0.6) is 11.5 Å². The Morgan fingerprint density at radius 2 is 1.69 bits per heavy atom. The molecule has 0 radical (unpaired) electrons. The van der Waals surface area contributed by atoms with Gasteiger partial charge in [-0.2, -0.15) is 0 Å². The van der Waals surface area contributed by atoms with Crippen molar-refractivity contribution in [1.29, 1.82) is 0 Å². The largest absolute Gasteiger partial charge is 0.497 e. The number of methoxy groups -OCH3 is 2. The van der Waals surface area contributed by atoms with Crippen molar-refractivity contribution in [2.45, 2.75) is 25.9 Å². The lowest BCUT2D eigenvalue weighted by Crippen LogP contribution is -2.30. The van der Waals surface area contributed by atoms with Crippen LogP contribution in [0.4, 0.5) is 5.69 Å². The van der Waals surface area contributed by atoms with Crippen LogP contribution in [0.15, 0.2) is 42.5 Å². The predicted molar refractivity (Wildman–Crippen MR) is 109 cm³/mol. The van der Waals surface area contributed by atoms with Gasteiger partial charge in [-0.25, -0.2) is 0 Å². The molecule has 0 aliphatic heterocycles. The number of hydrogen-bond donors (Lipinski definition) is 1. The van der Waals surface area contributed by atoms with Gasteiger partial charge in [-0.1, -0.05) is 11.6 Å². The van der Waals surface area contributed by atoms with Crippen molar-refractivity contribution in [2.75, 3.05) is 19.5 Å². The molecule has 0 fully saturated rings. The molecule has 1 unspecified atom stereocenters. The summed E-state index contributed by atoms with van der Waals surface area (Å²) in [6.45, 7) is 1.45. The standard InChI is InChI=1S/C21H22ClNO6/c1-13(21(26)23-17-12-16(27-2)8-10-19(17)28-3)29-20(25)11-9-18(24)14-4-6-15(22)7-5-14/h4-8,10,12-13H,9,11H2,1-3H3,(H,23,26). The van der Waals surface area contributed by atoms with Crippen molar-refractivity contribution < 1.29 is 28.6 Å². The number of hydrogen-bond acceptors (Lipinski definition) is 6. The third kappa shape index (κ3) is 6.50. The number of nitrogens with one attached hydrogen (secondary N) is 1. The van der Waals surface area contributed by atoms with Gasteiger partial charge in [0.15, 0.2) is 11.9 Å². The van der Waals surface area contributed by atoms with E-state index < -0.39 is 18.0 Å². The molecule has 0 aliphatic rings. The van der Waals surface area contributed by atoms with Gasteiger partial charge in [0.2, 0.25) is 0 Å². The van der Waals surface area contributed by atoms with E-state index in [1.807, 2.05) is 0 Å². The Morgan fingerprint density at radius 1 is 1.00 bits per heavy atom. The van der Waals surface area contributed by atoms with Crippen LogP contribution in [0.2, 0.25) is 5.02 Å². The average Bonchev–Trinajstić information content (AvgIpc) is 2.72. The Balaban J connectivity index is 1.88. The fourth-order valence-corrected chi connectivity index (χ4v) is 2.58. The zero-order valence-electron chi connectivity index (χ0n) is 16.4. The highest BCUT2D eigenvalue weighted by atomic mass is 35.5. The molecule has 0 aromatic heterocycles. The molecule has 154 valence electrons. The average molecular weight is 420 g/mol. The smallest absolute Gasteiger partial charge is 0.307 e. The van der Waals surface area contributed by atoms with Gasteiger partial charge in [-0.3, -0.25) is 14.4 Å². The first kappa shape index (κ1) is 22.2. The summed E-state index contributed by atoms with van der Waals surface area (Å²) in [5.41, 5.74) is 0.843. The topological polar surface area (TPSA) is 90.9 Å². The number of ketones is 1. The number of carbonyl (C=O) groups excluding carboxylic acids is 3. The van der Waals surface area contributed by atoms with Crippen LogP contribution in [-0.4, -0.2) is 38.0 Å². The van der Waals surface area contributed by atoms with Gasteiger partial charge in [0.1, 0.15) is 11.5 Å². The first-order valence-corrected chi connectivity index (χ1v) is 9.23. The summed E-state index contributed by atoms with van der Waals surface area (Å²) >= 11 is 5.79. The van der Waals surface area contributed by atoms with Gasteiger partial charge in [-0.15, -0.1) is 0 Å². The molecule has 0 bridgehead atoms. The molecule has 0 saturated heterocycles. The van der Waals surface area contributed by atoms with Gasteiger partial charge in [-0.05, 0) is 43.3 Å². The highest BCUT2D eigenvalue weighted by Gasteiger charge is 2.20. The summed E-state index contributed by atoms with van der Waals surface area (Å²) in [6, 6.07) is 11.3. The van der Waals surface area contributed by atoms with E-state index in [-0.39, 0.29) is 18.6 Å². The second-order valence-electron chi connectivity index (χ2n) is 6.12. The fourth-order valence-electron chi connectivity index (χ4n) is 2.45. The van der Waals surface area contributed by atoms with Crippen molar-refractivity contribution in [1.82, 2.24) is 0 Å². The van der Waals surface area contributed by atoms with Crippen molar-refractivity contribution in [3.8, 4) is 11.5 Å². The molecule has 29 heavy (non-hydrogen) atoms. The maximum absolute atomic E-state index is 12.3. The minimum absolute atomic E-state index is 0.0293. The number of benzene rings is 2. The molecular formula is C21H22ClNO6. The zero-order chi connectivity index (χ0) is 21.4. The molecule has 2 aromatic rings. The van der Waals surface area contributed by atoms with Crippen LogP contribution in [0, 0.1) is 0 Å². The van der Waals surface area contributed by atoms with E-state index in [1.54, 1.807) is 42.5 Å². The van der Waals surface area contributed by atoms with Crippen molar-refractivity contribution in [3.05, 3.63) is 53.1 Å². The highest BCUT2D eigenvalue weighted by molar-refractivity contribution is 6.30. The van der Waals surface area contributed by atoms with Gasteiger partial charge in [0.05, 0.1) is 26.3 Å². The van der Waals surface area contributed by atoms with E-state index in [4.69, 9.17) is 25.8 Å². The SMILES string of the molecule is COc1ccc(OC)c(NC(=O)C(C)OC(=O)CCC(=O)c2ccc(Cl)cc2)c1. The predicted octanol–water partition coefficient (Wildman–Crippen LogP) is 3.89. The second kappa shape index (κ2) is 10.5. The van der Waals surface area contributed by atoms with Crippen LogP contribution in [0.25, 0.3) is 0 Å². The molecule has 2 aromatic carbocycles. The summed E-state index contributed by atoms with van der Waals surface area (Å²) in [5, 5.41) is 3.16. The third-order valence-corrected chi connectivity index (χ3v) is 4.32. The maximum atomic E-state index is 12.3. The Bertz CT molecular complexity index is 881. The summed E-state index contributed by atoms with van der Waals surface area (Å²) in [7, 11) is 2.97. The van der Waals surface area contributed by atoms with Crippen LogP contribution >= 0.6 is 11.6 Å². The van der Waals surface area contributed by atoms with Crippen LogP contribution in [-0.2, 0) is 14.3 Å².